The summed E-state index contributed by atoms with van der Waals surface area (Å²) in [6.07, 6.45) is 5.89. The number of hydrogen-bond acceptors (Lipinski definition) is 4. The van der Waals surface area contributed by atoms with Gasteiger partial charge in [-0.15, -0.1) is 5.10 Å². The average molecular weight is 289 g/mol. The lowest BCUT2D eigenvalue weighted by molar-refractivity contribution is 0.0309. The van der Waals surface area contributed by atoms with Crippen LogP contribution in [-0.4, -0.2) is 63.6 Å². The number of nitrogens with zero attached hydrogens (tertiary/aromatic N) is 4. The van der Waals surface area contributed by atoms with E-state index in [2.05, 4.69) is 27.1 Å². The second-order valence-electron chi connectivity index (χ2n) is 6.81. The summed E-state index contributed by atoms with van der Waals surface area (Å²) >= 11 is 0. The summed E-state index contributed by atoms with van der Waals surface area (Å²) in [5, 5.41) is 7.07. The molecule has 1 aromatic rings. The van der Waals surface area contributed by atoms with Crippen molar-refractivity contribution in [1.82, 2.24) is 25.0 Å². The van der Waals surface area contributed by atoms with Gasteiger partial charge in [-0.1, -0.05) is 0 Å². The van der Waals surface area contributed by atoms with Crippen LogP contribution in [0.25, 0.3) is 0 Å². The number of piperidine rings is 2. The largest absolute Gasteiger partial charge is 0.335 e. The standard InChI is InChI=1S/C15H23N5O/c1-19-7-2-3-11-9-20(8-6-12(11)19)15(21)14-16-13(17-18-14)10-4-5-10/h10-12H,2-9H2,1H3,(H,16,17,18). The molecule has 2 unspecified atom stereocenters. The van der Waals surface area contributed by atoms with Gasteiger partial charge in [0.05, 0.1) is 0 Å². The number of amides is 1. The van der Waals surface area contributed by atoms with Gasteiger partial charge >= 0.3 is 0 Å². The Morgan fingerprint density at radius 3 is 2.90 bits per heavy atom. The summed E-state index contributed by atoms with van der Waals surface area (Å²) in [6.45, 7) is 2.89. The van der Waals surface area contributed by atoms with E-state index in [-0.39, 0.29) is 5.91 Å². The highest BCUT2D eigenvalue weighted by atomic mass is 16.2. The molecule has 3 aliphatic rings. The topological polar surface area (TPSA) is 65.1 Å². The van der Waals surface area contributed by atoms with Gasteiger partial charge in [-0.3, -0.25) is 9.89 Å². The molecule has 6 heteroatoms. The van der Waals surface area contributed by atoms with E-state index >= 15 is 0 Å². The molecule has 0 spiro atoms. The number of rotatable bonds is 2. The second kappa shape index (κ2) is 5.09. The highest BCUT2D eigenvalue weighted by Crippen LogP contribution is 2.38. The van der Waals surface area contributed by atoms with Gasteiger partial charge in [0.1, 0.15) is 5.82 Å². The van der Waals surface area contributed by atoms with E-state index < -0.39 is 0 Å². The Labute approximate surface area is 124 Å². The number of hydrogen-bond donors (Lipinski definition) is 1. The van der Waals surface area contributed by atoms with E-state index in [1.807, 2.05) is 4.90 Å². The first-order chi connectivity index (χ1) is 10.2. The molecule has 6 nitrogen and oxygen atoms in total. The van der Waals surface area contributed by atoms with Crippen LogP contribution in [0.1, 0.15) is 54.5 Å². The fourth-order valence-corrected chi connectivity index (χ4v) is 3.89. The lowest BCUT2D eigenvalue weighted by Crippen LogP contribution is -2.54. The van der Waals surface area contributed by atoms with E-state index in [9.17, 15) is 4.79 Å². The minimum absolute atomic E-state index is 0.00447. The third kappa shape index (κ3) is 2.46. The molecule has 1 aromatic heterocycles. The van der Waals surface area contributed by atoms with Gasteiger partial charge < -0.3 is 9.80 Å². The van der Waals surface area contributed by atoms with Crippen LogP contribution in [0.5, 0.6) is 0 Å². The Bertz CT molecular complexity index is 538. The Morgan fingerprint density at radius 1 is 1.24 bits per heavy atom. The van der Waals surface area contributed by atoms with Crippen molar-refractivity contribution in [3.05, 3.63) is 11.6 Å². The summed E-state index contributed by atoms with van der Waals surface area (Å²) in [7, 11) is 2.21. The van der Waals surface area contributed by atoms with Crippen LogP contribution >= 0.6 is 0 Å². The molecule has 114 valence electrons. The van der Waals surface area contributed by atoms with Crippen molar-refractivity contribution >= 4 is 5.91 Å². The molecule has 21 heavy (non-hydrogen) atoms. The van der Waals surface area contributed by atoms with Crippen molar-refractivity contribution < 1.29 is 4.79 Å². The normalized spacial score (nSPS) is 30.2. The summed E-state index contributed by atoms with van der Waals surface area (Å²) < 4.78 is 0. The van der Waals surface area contributed by atoms with Gasteiger partial charge in [0.25, 0.3) is 5.91 Å². The molecular weight excluding hydrogens is 266 g/mol. The summed E-state index contributed by atoms with van der Waals surface area (Å²) in [4.78, 5) is 21.4. The minimum Gasteiger partial charge on any atom is -0.335 e. The maximum Gasteiger partial charge on any atom is 0.293 e. The lowest BCUT2D eigenvalue weighted by Gasteiger charge is -2.45. The molecule has 0 aromatic carbocycles. The minimum atomic E-state index is 0.00447. The number of nitrogens with one attached hydrogen (secondary N) is 1. The number of H-pyrrole nitrogens is 1. The molecule has 1 amide bonds. The molecule has 3 heterocycles. The first-order valence-electron chi connectivity index (χ1n) is 8.14. The number of carbonyl (C=O) groups excluding carboxylic acids is 1. The summed E-state index contributed by atoms with van der Waals surface area (Å²) in [5.74, 6) is 2.38. The predicted octanol–water partition coefficient (Wildman–Crippen LogP) is 1.24. The number of aromatic amines is 1. The number of carbonyl (C=O) groups is 1. The van der Waals surface area contributed by atoms with Crippen LogP contribution in [0, 0.1) is 5.92 Å². The van der Waals surface area contributed by atoms with Crippen molar-refractivity contribution in [3.8, 4) is 0 Å². The van der Waals surface area contributed by atoms with E-state index in [0.29, 0.717) is 23.7 Å². The second-order valence-corrected chi connectivity index (χ2v) is 6.81. The predicted molar refractivity (Wildman–Crippen MR) is 78.0 cm³/mol. The third-order valence-corrected chi connectivity index (χ3v) is 5.29. The van der Waals surface area contributed by atoms with Crippen LogP contribution in [0.2, 0.25) is 0 Å². The van der Waals surface area contributed by atoms with Crippen LogP contribution < -0.4 is 0 Å². The fraction of sp³-hybridized carbons (Fsp3) is 0.800. The smallest absolute Gasteiger partial charge is 0.293 e. The van der Waals surface area contributed by atoms with E-state index in [4.69, 9.17) is 0 Å². The molecule has 1 aliphatic carbocycles. The third-order valence-electron chi connectivity index (χ3n) is 5.29. The molecule has 2 saturated heterocycles. The maximum atomic E-state index is 12.6. The number of fused-ring (bicyclic) bond motifs is 1. The SMILES string of the molecule is CN1CCCC2CN(C(=O)c3n[nH]c(C4CC4)n3)CCC21. The molecule has 2 aliphatic heterocycles. The average Bonchev–Trinajstić information content (AvgIpc) is 3.24. The fourth-order valence-electron chi connectivity index (χ4n) is 3.89. The zero-order valence-corrected chi connectivity index (χ0v) is 12.6. The van der Waals surface area contributed by atoms with E-state index in [0.717, 1.165) is 25.3 Å². The Balaban J connectivity index is 1.44. The molecule has 4 rings (SSSR count). The molecule has 1 saturated carbocycles. The molecular formula is C15H23N5O. The number of aromatic nitrogens is 3. The van der Waals surface area contributed by atoms with Crippen LogP contribution in [0.4, 0.5) is 0 Å². The molecule has 0 radical (unpaired) electrons. The van der Waals surface area contributed by atoms with Gasteiger partial charge in [0.15, 0.2) is 0 Å². The maximum absolute atomic E-state index is 12.6. The Morgan fingerprint density at radius 2 is 2.10 bits per heavy atom. The van der Waals surface area contributed by atoms with Crippen molar-refractivity contribution in [2.24, 2.45) is 5.92 Å². The van der Waals surface area contributed by atoms with Gasteiger partial charge in [0, 0.05) is 25.0 Å². The van der Waals surface area contributed by atoms with Crippen LogP contribution in [0.3, 0.4) is 0 Å². The van der Waals surface area contributed by atoms with Gasteiger partial charge in [-0.2, -0.15) is 0 Å². The monoisotopic (exact) mass is 289 g/mol. The van der Waals surface area contributed by atoms with Crippen molar-refractivity contribution in [3.63, 3.8) is 0 Å². The van der Waals surface area contributed by atoms with Crippen LogP contribution in [0.15, 0.2) is 0 Å². The van der Waals surface area contributed by atoms with Crippen LogP contribution in [-0.2, 0) is 0 Å². The number of likely N-dealkylation sites (tertiary alicyclic amines) is 2. The molecule has 3 fully saturated rings. The summed E-state index contributed by atoms with van der Waals surface area (Å²) in [6, 6.07) is 0.650. The van der Waals surface area contributed by atoms with E-state index in [1.165, 1.54) is 32.2 Å². The van der Waals surface area contributed by atoms with Gasteiger partial charge in [-0.05, 0) is 51.6 Å². The van der Waals surface area contributed by atoms with Crippen molar-refractivity contribution in [1.29, 1.82) is 0 Å². The first kappa shape index (κ1) is 13.2. The highest BCUT2D eigenvalue weighted by Gasteiger charge is 2.37. The quantitative estimate of drug-likeness (QED) is 0.889. The van der Waals surface area contributed by atoms with Gasteiger partial charge in [0.2, 0.25) is 5.82 Å². The van der Waals surface area contributed by atoms with E-state index in [1.54, 1.807) is 0 Å². The Kier molecular flexibility index (Phi) is 3.21. The first-order valence-corrected chi connectivity index (χ1v) is 8.14. The highest BCUT2D eigenvalue weighted by molar-refractivity contribution is 5.90. The molecule has 1 N–H and O–H groups in total. The molecule has 0 bridgehead atoms. The van der Waals surface area contributed by atoms with Gasteiger partial charge in [-0.25, -0.2) is 4.98 Å². The Hall–Kier alpha value is -1.43. The zero-order valence-electron chi connectivity index (χ0n) is 12.6. The van der Waals surface area contributed by atoms with Crippen molar-refractivity contribution in [2.75, 3.05) is 26.7 Å². The zero-order chi connectivity index (χ0) is 14.4. The van der Waals surface area contributed by atoms with Crippen molar-refractivity contribution in [2.45, 2.75) is 44.1 Å². The lowest BCUT2D eigenvalue weighted by atomic mass is 9.84. The summed E-state index contributed by atoms with van der Waals surface area (Å²) in [5.41, 5.74) is 0. The molecule has 2 atom stereocenters.